The maximum atomic E-state index is 11.7. The zero-order valence-electron chi connectivity index (χ0n) is 7.66. The first kappa shape index (κ1) is 11.1. The molecule has 1 atom stereocenters. The highest BCUT2D eigenvalue weighted by Gasteiger charge is 2.34. The van der Waals surface area contributed by atoms with Crippen molar-refractivity contribution in [3.63, 3.8) is 0 Å². The number of amides is 1. The average Bonchev–Trinajstić information content (AvgIpc) is 2.79. The van der Waals surface area contributed by atoms with Crippen molar-refractivity contribution in [2.24, 2.45) is 0 Å². The SMILES string of the molecule is CN(C(=O)C1CSCN1)C1CC1.Cl. The summed E-state index contributed by atoms with van der Waals surface area (Å²) in [5.41, 5.74) is 0. The number of nitrogens with one attached hydrogen (secondary N) is 1. The van der Waals surface area contributed by atoms with Gasteiger partial charge in [-0.2, -0.15) is 0 Å². The molecule has 0 spiro atoms. The van der Waals surface area contributed by atoms with Crippen LogP contribution in [0.15, 0.2) is 0 Å². The van der Waals surface area contributed by atoms with Crippen molar-refractivity contribution in [1.82, 2.24) is 10.2 Å². The molecule has 0 bridgehead atoms. The Morgan fingerprint density at radius 1 is 1.54 bits per heavy atom. The Morgan fingerprint density at radius 2 is 2.23 bits per heavy atom. The molecule has 76 valence electrons. The minimum atomic E-state index is 0. The van der Waals surface area contributed by atoms with Crippen LogP contribution in [0.25, 0.3) is 0 Å². The Kier molecular flexibility index (Phi) is 3.88. The number of likely N-dealkylation sites (N-methyl/N-ethyl adjacent to an activating group) is 1. The fourth-order valence-electron chi connectivity index (χ4n) is 1.44. The number of halogens is 1. The van der Waals surface area contributed by atoms with Crippen LogP contribution in [-0.4, -0.2) is 41.6 Å². The number of carbonyl (C=O) groups excluding carboxylic acids is 1. The van der Waals surface area contributed by atoms with E-state index in [1.807, 2.05) is 11.9 Å². The Morgan fingerprint density at radius 3 is 2.69 bits per heavy atom. The Hall–Kier alpha value is 0.0700. The van der Waals surface area contributed by atoms with E-state index in [1.165, 1.54) is 12.8 Å². The molecule has 1 saturated carbocycles. The summed E-state index contributed by atoms with van der Waals surface area (Å²) in [5.74, 6) is 2.15. The lowest BCUT2D eigenvalue weighted by Gasteiger charge is -2.19. The molecule has 0 radical (unpaired) electrons. The average molecular weight is 223 g/mol. The van der Waals surface area contributed by atoms with Gasteiger partial charge in [-0.25, -0.2) is 0 Å². The Bertz CT molecular complexity index is 189. The lowest BCUT2D eigenvalue weighted by atomic mass is 10.3. The molecule has 13 heavy (non-hydrogen) atoms. The van der Waals surface area contributed by atoms with Gasteiger partial charge in [0.25, 0.3) is 0 Å². The van der Waals surface area contributed by atoms with E-state index < -0.39 is 0 Å². The molecule has 1 aliphatic heterocycles. The van der Waals surface area contributed by atoms with Crippen molar-refractivity contribution in [2.45, 2.75) is 24.9 Å². The van der Waals surface area contributed by atoms with Crippen molar-refractivity contribution in [3.8, 4) is 0 Å². The summed E-state index contributed by atoms with van der Waals surface area (Å²) in [7, 11) is 1.92. The van der Waals surface area contributed by atoms with Crippen molar-refractivity contribution < 1.29 is 4.79 Å². The molecular weight excluding hydrogens is 208 g/mol. The van der Waals surface area contributed by atoms with E-state index in [2.05, 4.69) is 5.32 Å². The van der Waals surface area contributed by atoms with Crippen LogP contribution in [0, 0.1) is 0 Å². The maximum Gasteiger partial charge on any atom is 0.240 e. The minimum absolute atomic E-state index is 0. The highest BCUT2D eigenvalue weighted by molar-refractivity contribution is 7.99. The third kappa shape index (κ3) is 2.51. The van der Waals surface area contributed by atoms with E-state index >= 15 is 0 Å². The maximum absolute atomic E-state index is 11.7. The fourth-order valence-corrected chi connectivity index (χ4v) is 2.37. The molecule has 1 amide bonds. The van der Waals surface area contributed by atoms with Gasteiger partial charge in [0.1, 0.15) is 0 Å². The largest absolute Gasteiger partial charge is 0.341 e. The molecule has 0 aromatic rings. The molecule has 5 heteroatoms. The normalized spacial score (nSPS) is 26.7. The number of hydrogen-bond donors (Lipinski definition) is 1. The number of thioether (sulfide) groups is 1. The van der Waals surface area contributed by atoms with Gasteiger partial charge in [-0.1, -0.05) is 0 Å². The zero-order chi connectivity index (χ0) is 8.55. The molecule has 1 unspecified atom stereocenters. The van der Waals surface area contributed by atoms with Gasteiger partial charge in [0, 0.05) is 24.7 Å². The van der Waals surface area contributed by atoms with E-state index in [0.717, 1.165) is 11.6 Å². The topological polar surface area (TPSA) is 32.3 Å². The summed E-state index contributed by atoms with van der Waals surface area (Å²) >= 11 is 1.80. The second kappa shape index (κ2) is 4.53. The van der Waals surface area contributed by atoms with Crippen molar-refractivity contribution in [1.29, 1.82) is 0 Å². The Labute approximate surface area is 89.0 Å². The smallest absolute Gasteiger partial charge is 0.240 e. The lowest BCUT2D eigenvalue weighted by Crippen LogP contribution is -2.43. The molecule has 0 aromatic carbocycles. The van der Waals surface area contributed by atoms with Gasteiger partial charge in [0.15, 0.2) is 0 Å². The van der Waals surface area contributed by atoms with E-state index in [-0.39, 0.29) is 24.4 Å². The van der Waals surface area contributed by atoms with Gasteiger partial charge in [0.2, 0.25) is 5.91 Å². The quantitative estimate of drug-likeness (QED) is 0.747. The van der Waals surface area contributed by atoms with Gasteiger partial charge in [-0.3, -0.25) is 10.1 Å². The van der Waals surface area contributed by atoms with Crippen LogP contribution in [0.1, 0.15) is 12.8 Å². The summed E-state index contributed by atoms with van der Waals surface area (Å²) < 4.78 is 0. The molecule has 2 rings (SSSR count). The zero-order valence-corrected chi connectivity index (χ0v) is 9.29. The number of hydrogen-bond acceptors (Lipinski definition) is 3. The predicted octanol–water partition coefficient (Wildman–Crippen LogP) is 0.691. The number of nitrogens with zero attached hydrogens (tertiary/aromatic N) is 1. The molecule has 1 heterocycles. The van der Waals surface area contributed by atoms with Gasteiger partial charge >= 0.3 is 0 Å². The first-order valence-electron chi connectivity index (χ1n) is 4.37. The monoisotopic (exact) mass is 222 g/mol. The first-order valence-corrected chi connectivity index (χ1v) is 5.52. The van der Waals surface area contributed by atoms with Crippen LogP contribution in [0.5, 0.6) is 0 Å². The van der Waals surface area contributed by atoms with Crippen LogP contribution in [0.2, 0.25) is 0 Å². The van der Waals surface area contributed by atoms with Gasteiger partial charge in [-0.05, 0) is 12.8 Å². The van der Waals surface area contributed by atoms with Crippen LogP contribution < -0.4 is 5.32 Å². The second-order valence-electron chi connectivity index (χ2n) is 3.45. The third-order valence-electron chi connectivity index (χ3n) is 2.46. The van der Waals surface area contributed by atoms with Crippen molar-refractivity contribution in [2.75, 3.05) is 18.7 Å². The number of rotatable bonds is 2. The highest BCUT2D eigenvalue weighted by atomic mass is 35.5. The lowest BCUT2D eigenvalue weighted by molar-refractivity contribution is -0.131. The van der Waals surface area contributed by atoms with E-state index in [0.29, 0.717) is 6.04 Å². The van der Waals surface area contributed by atoms with Gasteiger partial charge < -0.3 is 4.90 Å². The van der Waals surface area contributed by atoms with Crippen molar-refractivity contribution in [3.05, 3.63) is 0 Å². The van der Waals surface area contributed by atoms with Crippen molar-refractivity contribution >= 4 is 30.1 Å². The molecule has 1 N–H and O–H groups in total. The third-order valence-corrected chi connectivity index (χ3v) is 3.40. The molecule has 0 aromatic heterocycles. The molecule has 1 aliphatic carbocycles. The first-order chi connectivity index (χ1) is 5.79. The summed E-state index contributed by atoms with van der Waals surface area (Å²) in [6, 6.07) is 0.630. The van der Waals surface area contributed by atoms with Crippen LogP contribution in [0.3, 0.4) is 0 Å². The fraction of sp³-hybridized carbons (Fsp3) is 0.875. The molecule has 1 saturated heterocycles. The molecule has 2 fully saturated rings. The van der Waals surface area contributed by atoms with Crippen LogP contribution in [0.4, 0.5) is 0 Å². The van der Waals surface area contributed by atoms with Gasteiger partial charge in [-0.15, -0.1) is 24.2 Å². The standard InChI is InChI=1S/C8H14N2OS.ClH/c1-10(6-2-3-6)8(11)7-4-12-5-9-7;/h6-7,9H,2-5H2,1H3;1H. The minimum Gasteiger partial charge on any atom is -0.341 e. The summed E-state index contributed by atoms with van der Waals surface area (Å²) in [6.07, 6.45) is 2.39. The molecular formula is C8H15ClN2OS. The van der Waals surface area contributed by atoms with Crippen LogP contribution >= 0.6 is 24.2 Å². The summed E-state index contributed by atoms with van der Waals surface area (Å²) in [4.78, 5) is 13.6. The molecule has 3 nitrogen and oxygen atoms in total. The molecule has 2 aliphatic rings. The Balaban J connectivity index is 0.000000845. The predicted molar refractivity (Wildman–Crippen MR) is 57.3 cm³/mol. The summed E-state index contributed by atoms with van der Waals surface area (Å²) in [6.45, 7) is 0. The summed E-state index contributed by atoms with van der Waals surface area (Å²) in [5, 5.41) is 3.19. The van der Waals surface area contributed by atoms with E-state index in [1.54, 1.807) is 11.8 Å². The number of carbonyl (C=O) groups is 1. The van der Waals surface area contributed by atoms with Gasteiger partial charge in [0.05, 0.1) is 6.04 Å². The highest BCUT2D eigenvalue weighted by Crippen LogP contribution is 2.26. The second-order valence-corrected chi connectivity index (χ2v) is 4.48. The van der Waals surface area contributed by atoms with Crippen LogP contribution in [-0.2, 0) is 4.79 Å². The van der Waals surface area contributed by atoms with E-state index in [4.69, 9.17) is 0 Å². The van der Waals surface area contributed by atoms with E-state index in [9.17, 15) is 4.79 Å².